The van der Waals surface area contributed by atoms with E-state index in [1.807, 2.05) is 11.3 Å². The van der Waals surface area contributed by atoms with Gasteiger partial charge in [-0.15, -0.1) is 11.3 Å². The molecule has 78 valence electrons. The van der Waals surface area contributed by atoms with Crippen molar-refractivity contribution in [2.75, 3.05) is 0 Å². The molecule has 2 atom stereocenters. The van der Waals surface area contributed by atoms with E-state index in [1.54, 1.807) is 0 Å². The van der Waals surface area contributed by atoms with Gasteiger partial charge in [0.1, 0.15) is 0 Å². The fourth-order valence-electron chi connectivity index (χ4n) is 2.22. The third-order valence-corrected chi connectivity index (χ3v) is 4.24. The molecule has 2 heteroatoms. The summed E-state index contributed by atoms with van der Waals surface area (Å²) in [5.41, 5.74) is -0.286. The summed E-state index contributed by atoms with van der Waals surface area (Å²) in [6.07, 6.45) is 5.43. The molecule has 0 aliphatic heterocycles. The highest BCUT2D eigenvalue weighted by Crippen LogP contribution is 2.48. The first kappa shape index (κ1) is 10.2. The van der Waals surface area contributed by atoms with Gasteiger partial charge in [0, 0.05) is 4.88 Å². The number of hydrogen-bond donors (Lipinski definition) is 1. The molecule has 0 spiro atoms. The van der Waals surface area contributed by atoms with Gasteiger partial charge in [-0.05, 0) is 43.0 Å². The number of thiophene rings is 1. The largest absolute Gasteiger partial charge is 0.390 e. The quantitative estimate of drug-likeness (QED) is 0.791. The lowest BCUT2D eigenvalue weighted by atomic mass is 10.1. The number of rotatable bonds is 5. The third-order valence-electron chi connectivity index (χ3n) is 3.31. The van der Waals surface area contributed by atoms with E-state index in [9.17, 15) is 5.11 Å². The van der Waals surface area contributed by atoms with Gasteiger partial charge in [0.05, 0.1) is 5.60 Å². The van der Waals surface area contributed by atoms with Crippen molar-refractivity contribution in [3.05, 3.63) is 22.4 Å². The highest BCUT2D eigenvalue weighted by molar-refractivity contribution is 7.09. The Bertz CT molecular complexity index is 281. The molecule has 1 aliphatic carbocycles. The molecule has 2 rings (SSSR count). The molecule has 0 amide bonds. The molecule has 1 N–H and O–H groups in total. The average molecular weight is 210 g/mol. The fraction of sp³-hybridized carbons (Fsp3) is 0.667. The molecule has 1 fully saturated rings. The molecule has 14 heavy (non-hydrogen) atoms. The van der Waals surface area contributed by atoms with Gasteiger partial charge in [0.25, 0.3) is 0 Å². The highest BCUT2D eigenvalue weighted by atomic mass is 32.1. The molecule has 0 aromatic carbocycles. The zero-order valence-electron chi connectivity index (χ0n) is 8.70. The summed E-state index contributed by atoms with van der Waals surface area (Å²) < 4.78 is 0. The maximum atomic E-state index is 10.0. The smallest absolute Gasteiger partial charge is 0.0680 e. The Labute approximate surface area is 89.8 Å². The Morgan fingerprint density at radius 2 is 2.50 bits per heavy atom. The van der Waals surface area contributed by atoms with Crippen LogP contribution >= 0.6 is 11.3 Å². The molecule has 0 radical (unpaired) electrons. The molecule has 1 aromatic rings. The zero-order chi connectivity index (χ0) is 10.0. The van der Waals surface area contributed by atoms with E-state index < -0.39 is 0 Å². The van der Waals surface area contributed by atoms with Crippen LogP contribution in [0.1, 0.15) is 37.5 Å². The van der Waals surface area contributed by atoms with E-state index in [1.165, 1.54) is 4.88 Å². The first-order chi connectivity index (χ1) is 6.74. The van der Waals surface area contributed by atoms with Crippen LogP contribution in [0.25, 0.3) is 0 Å². The molecular formula is C12H18OS. The lowest BCUT2D eigenvalue weighted by Crippen LogP contribution is -2.10. The maximum Gasteiger partial charge on any atom is 0.0680 e. The van der Waals surface area contributed by atoms with E-state index in [0.29, 0.717) is 5.92 Å². The van der Waals surface area contributed by atoms with Crippen molar-refractivity contribution in [2.45, 2.75) is 44.6 Å². The lowest BCUT2D eigenvalue weighted by Gasteiger charge is -2.08. The molecule has 2 unspecified atom stereocenters. The van der Waals surface area contributed by atoms with E-state index in [-0.39, 0.29) is 5.60 Å². The summed E-state index contributed by atoms with van der Waals surface area (Å²) in [5.74, 6) is 0.589. The first-order valence-electron chi connectivity index (χ1n) is 5.49. The van der Waals surface area contributed by atoms with Crippen LogP contribution in [0.3, 0.4) is 0 Å². The Balaban J connectivity index is 1.69. The molecule has 1 saturated carbocycles. The van der Waals surface area contributed by atoms with Crippen molar-refractivity contribution in [2.24, 2.45) is 5.92 Å². The van der Waals surface area contributed by atoms with Crippen molar-refractivity contribution in [1.29, 1.82) is 0 Å². The molecule has 0 bridgehead atoms. The van der Waals surface area contributed by atoms with E-state index >= 15 is 0 Å². The second kappa shape index (κ2) is 4.03. The fourth-order valence-corrected chi connectivity index (χ4v) is 2.97. The second-order valence-electron chi connectivity index (χ2n) is 4.35. The van der Waals surface area contributed by atoms with Crippen LogP contribution in [0.4, 0.5) is 0 Å². The Kier molecular flexibility index (Phi) is 2.93. The molecule has 1 aliphatic rings. The van der Waals surface area contributed by atoms with Gasteiger partial charge in [-0.3, -0.25) is 0 Å². The minimum Gasteiger partial charge on any atom is -0.390 e. The van der Waals surface area contributed by atoms with Gasteiger partial charge in [-0.1, -0.05) is 19.4 Å². The van der Waals surface area contributed by atoms with Gasteiger partial charge in [0.15, 0.2) is 0 Å². The summed E-state index contributed by atoms with van der Waals surface area (Å²) in [4.78, 5) is 1.45. The molecule has 1 nitrogen and oxygen atoms in total. The van der Waals surface area contributed by atoms with Gasteiger partial charge < -0.3 is 5.11 Å². The second-order valence-corrected chi connectivity index (χ2v) is 5.38. The minimum absolute atomic E-state index is 0.286. The molecular weight excluding hydrogens is 192 g/mol. The Morgan fingerprint density at radius 1 is 1.64 bits per heavy atom. The van der Waals surface area contributed by atoms with E-state index in [2.05, 4.69) is 24.4 Å². The van der Waals surface area contributed by atoms with Gasteiger partial charge in [-0.25, -0.2) is 0 Å². The van der Waals surface area contributed by atoms with Crippen LogP contribution in [0.15, 0.2) is 17.5 Å². The first-order valence-corrected chi connectivity index (χ1v) is 6.37. The topological polar surface area (TPSA) is 20.2 Å². The number of hydrogen-bond acceptors (Lipinski definition) is 2. The average Bonchev–Trinajstić information content (AvgIpc) is 2.63. The summed E-state index contributed by atoms with van der Waals surface area (Å²) in [5, 5.41) is 12.1. The minimum atomic E-state index is -0.286. The van der Waals surface area contributed by atoms with E-state index in [4.69, 9.17) is 0 Å². The normalized spacial score (nSPS) is 30.6. The summed E-state index contributed by atoms with van der Waals surface area (Å²) in [6, 6.07) is 4.28. The van der Waals surface area contributed by atoms with Crippen LogP contribution in [0.5, 0.6) is 0 Å². The zero-order valence-corrected chi connectivity index (χ0v) is 9.52. The highest BCUT2D eigenvalue weighted by Gasteiger charge is 2.50. The molecule has 0 saturated heterocycles. The Morgan fingerprint density at radius 3 is 3.07 bits per heavy atom. The molecule has 1 heterocycles. The standard InChI is InChI=1S/C12H18OS/c1-2-10-9-12(10,13)7-3-5-11-6-4-8-14-11/h4,6,8,10,13H,2-3,5,7,9H2,1H3. The lowest BCUT2D eigenvalue weighted by molar-refractivity contribution is 0.118. The predicted molar refractivity (Wildman–Crippen MR) is 60.6 cm³/mol. The predicted octanol–water partition coefficient (Wildman–Crippen LogP) is 3.23. The van der Waals surface area contributed by atoms with Gasteiger partial charge in [-0.2, -0.15) is 0 Å². The van der Waals surface area contributed by atoms with Gasteiger partial charge >= 0.3 is 0 Å². The van der Waals surface area contributed by atoms with Crippen LogP contribution in [-0.4, -0.2) is 10.7 Å². The third kappa shape index (κ3) is 2.18. The summed E-state index contributed by atoms with van der Waals surface area (Å²) >= 11 is 1.82. The SMILES string of the molecule is CCC1CC1(O)CCCc1cccs1. The van der Waals surface area contributed by atoms with Crippen LogP contribution in [-0.2, 0) is 6.42 Å². The van der Waals surface area contributed by atoms with Crippen molar-refractivity contribution < 1.29 is 5.11 Å². The van der Waals surface area contributed by atoms with Crippen LogP contribution in [0, 0.1) is 5.92 Å². The van der Waals surface area contributed by atoms with Gasteiger partial charge in [0.2, 0.25) is 0 Å². The van der Waals surface area contributed by atoms with E-state index in [0.717, 1.165) is 32.1 Å². The van der Waals surface area contributed by atoms with Crippen molar-refractivity contribution >= 4 is 11.3 Å². The molecule has 1 aromatic heterocycles. The summed E-state index contributed by atoms with van der Waals surface area (Å²) in [7, 11) is 0. The summed E-state index contributed by atoms with van der Waals surface area (Å²) in [6.45, 7) is 2.17. The number of aryl methyl sites for hydroxylation is 1. The van der Waals surface area contributed by atoms with Crippen molar-refractivity contribution in [3.63, 3.8) is 0 Å². The maximum absolute atomic E-state index is 10.0. The number of aliphatic hydroxyl groups is 1. The van der Waals surface area contributed by atoms with Crippen molar-refractivity contribution in [3.8, 4) is 0 Å². The van der Waals surface area contributed by atoms with Crippen molar-refractivity contribution in [1.82, 2.24) is 0 Å². The van der Waals surface area contributed by atoms with Crippen LogP contribution in [0.2, 0.25) is 0 Å². The van der Waals surface area contributed by atoms with Crippen LogP contribution < -0.4 is 0 Å². The monoisotopic (exact) mass is 210 g/mol. The Hall–Kier alpha value is -0.340.